The van der Waals surface area contributed by atoms with Crippen molar-refractivity contribution >= 4 is 0 Å². The van der Waals surface area contributed by atoms with Crippen LogP contribution in [0.4, 0.5) is 0 Å². The first-order valence-corrected chi connectivity index (χ1v) is 6.26. The molecule has 1 N–H and O–H groups in total. The van der Waals surface area contributed by atoms with Gasteiger partial charge in [-0.2, -0.15) is 5.48 Å². The molecule has 0 aliphatic heterocycles. The average Bonchev–Trinajstić information content (AvgIpc) is 2.42. The standard InChI is InChI=1S/C14H23NO4/c1-10(2)9-19-15-8-11-6-7-12(16-3)14(18-5)13(11)17-4/h6-7,10,15H,8-9H2,1-5H3. The van der Waals surface area contributed by atoms with E-state index in [0.29, 0.717) is 36.3 Å². The molecular weight excluding hydrogens is 246 g/mol. The van der Waals surface area contributed by atoms with E-state index in [1.807, 2.05) is 12.1 Å². The molecule has 1 aromatic rings. The largest absolute Gasteiger partial charge is 0.493 e. The van der Waals surface area contributed by atoms with Gasteiger partial charge in [-0.3, -0.25) is 0 Å². The highest BCUT2D eigenvalue weighted by Crippen LogP contribution is 2.39. The Bertz CT molecular complexity index is 393. The van der Waals surface area contributed by atoms with Gasteiger partial charge in [0.2, 0.25) is 5.75 Å². The maximum atomic E-state index is 5.39. The lowest BCUT2D eigenvalue weighted by Gasteiger charge is -2.16. The minimum absolute atomic E-state index is 0.486. The van der Waals surface area contributed by atoms with E-state index >= 15 is 0 Å². The van der Waals surface area contributed by atoms with Gasteiger partial charge in [0.25, 0.3) is 0 Å². The molecule has 0 bridgehead atoms. The second-order valence-corrected chi connectivity index (χ2v) is 4.52. The Labute approximate surface area is 114 Å². The van der Waals surface area contributed by atoms with Crippen molar-refractivity contribution in [1.29, 1.82) is 0 Å². The summed E-state index contributed by atoms with van der Waals surface area (Å²) >= 11 is 0. The molecule has 0 atom stereocenters. The molecule has 0 heterocycles. The van der Waals surface area contributed by atoms with Crippen molar-refractivity contribution in [2.45, 2.75) is 20.4 Å². The van der Waals surface area contributed by atoms with Gasteiger partial charge in [0.1, 0.15) is 0 Å². The topological polar surface area (TPSA) is 49.0 Å². The third-order valence-electron chi connectivity index (χ3n) is 2.57. The number of rotatable bonds is 8. The first-order valence-electron chi connectivity index (χ1n) is 6.26. The van der Waals surface area contributed by atoms with E-state index in [-0.39, 0.29) is 0 Å². The fourth-order valence-corrected chi connectivity index (χ4v) is 1.66. The van der Waals surface area contributed by atoms with Gasteiger partial charge in [-0.25, -0.2) is 0 Å². The van der Waals surface area contributed by atoms with Crippen molar-refractivity contribution in [3.63, 3.8) is 0 Å². The Kier molecular flexibility index (Phi) is 6.45. The summed E-state index contributed by atoms with van der Waals surface area (Å²) in [7, 11) is 4.80. The van der Waals surface area contributed by atoms with Gasteiger partial charge in [-0.05, 0) is 18.1 Å². The molecule has 1 rings (SSSR count). The van der Waals surface area contributed by atoms with Crippen LogP contribution in [0.2, 0.25) is 0 Å². The van der Waals surface area contributed by atoms with E-state index in [9.17, 15) is 0 Å². The predicted octanol–water partition coefficient (Wildman–Crippen LogP) is 2.39. The third kappa shape index (κ3) is 4.29. The molecule has 0 radical (unpaired) electrons. The highest BCUT2D eigenvalue weighted by Gasteiger charge is 2.15. The van der Waals surface area contributed by atoms with Crippen LogP contribution < -0.4 is 19.7 Å². The zero-order chi connectivity index (χ0) is 14.3. The van der Waals surface area contributed by atoms with Crippen molar-refractivity contribution in [3.8, 4) is 17.2 Å². The average molecular weight is 269 g/mol. The fraction of sp³-hybridized carbons (Fsp3) is 0.571. The van der Waals surface area contributed by atoms with Crippen LogP contribution in [0.3, 0.4) is 0 Å². The summed E-state index contributed by atoms with van der Waals surface area (Å²) in [6.07, 6.45) is 0. The highest BCUT2D eigenvalue weighted by atomic mass is 16.6. The van der Waals surface area contributed by atoms with Crippen molar-refractivity contribution < 1.29 is 19.0 Å². The molecule has 0 saturated carbocycles. The summed E-state index contributed by atoms with van der Waals surface area (Å²) in [4.78, 5) is 5.35. The predicted molar refractivity (Wildman–Crippen MR) is 73.7 cm³/mol. The number of hydrogen-bond acceptors (Lipinski definition) is 5. The summed E-state index contributed by atoms with van der Waals surface area (Å²) in [5, 5.41) is 0. The summed E-state index contributed by atoms with van der Waals surface area (Å²) in [5.41, 5.74) is 3.87. The monoisotopic (exact) mass is 269 g/mol. The van der Waals surface area contributed by atoms with Crippen LogP contribution in [0.25, 0.3) is 0 Å². The summed E-state index contributed by atoms with van der Waals surface area (Å²) in [5.74, 6) is 2.38. The molecular formula is C14H23NO4. The summed E-state index contributed by atoms with van der Waals surface area (Å²) in [6.45, 7) is 5.39. The van der Waals surface area contributed by atoms with Crippen LogP contribution in [0.1, 0.15) is 19.4 Å². The van der Waals surface area contributed by atoms with Gasteiger partial charge < -0.3 is 19.0 Å². The fourth-order valence-electron chi connectivity index (χ4n) is 1.66. The maximum Gasteiger partial charge on any atom is 0.203 e. The zero-order valence-electron chi connectivity index (χ0n) is 12.3. The quantitative estimate of drug-likeness (QED) is 0.580. The Morgan fingerprint density at radius 2 is 1.68 bits per heavy atom. The Morgan fingerprint density at radius 1 is 1.00 bits per heavy atom. The second-order valence-electron chi connectivity index (χ2n) is 4.52. The van der Waals surface area contributed by atoms with E-state index in [4.69, 9.17) is 19.0 Å². The number of benzene rings is 1. The number of nitrogens with one attached hydrogen (secondary N) is 1. The zero-order valence-corrected chi connectivity index (χ0v) is 12.3. The minimum atomic E-state index is 0.486. The molecule has 1 aromatic carbocycles. The maximum absolute atomic E-state index is 5.39. The van der Waals surface area contributed by atoms with E-state index in [0.717, 1.165) is 5.56 Å². The van der Waals surface area contributed by atoms with Crippen molar-refractivity contribution in [1.82, 2.24) is 5.48 Å². The van der Waals surface area contributed by atoms with Gasteiger partial charge in [-0.1, -0.05) is 13.8 Å². The van der Waals surface area contributed by atoms with E-state index < -0.39 is 0 Å². The van der Waals surface area contributed by atoms with Crippen molar-refractivity contribution in [3.05, 3.63) is 17.7 Å². The molecule has 0 aliphatic rings. The lowest BCUT2D eigenvalue weighted by Crippen LogP contribution is -2.18. The molecule has 5 heteroatoms. The minimum Gasteiger partial charge on any atom is -0.493 e. The SMILES string of the molecule is COc1ccc(CNOCC(C)C)c(OC)c1OC. The molecule has 0 amide bonds. The smallest absolute Gasteiger partial charge is 0.203 e. The molecule has 0 aliphatic carbocycles. The van der Waals surface area contributed by atoms with Crippen LogP contribution in [-0.4, -0.2) is 27.9 Å². The highest BCUT2D eigenvalue weighted by molar-refractivity contribution is 5.55. The van der Waals surface area contributed by atoms with Crippen LogP contribution >= 0.6 is 0 Å². The first-order chi connectivity index (χ1) is 9.13. The van der Waals surface area contributed by atoms with Gasteiger partial charge in [0, 0.05) is 12.1 Å². The van der Waals surface area contributed by atoms with Gasteiger partial charge in [0.05, 0.1) is 27.9 Å². The second kappa shape index (κ2) is 7.86. The molecule has 0 unspecified atom stereocenters. The van der Waals surface area contributed by atoms with Crippen LogP contribution in [0.5, 0.6) is 17.2 Å². The lowest BCUT2D eigenvalue weighted by atomic mass is 10.1. The lowest BCUT2D eigenvalue weighted by molar-refractivity contribution is 0.0192. The molecule has 5 nitrogen and oxygen atoms in total. The number of methoxy groups -OCH3 is 3. The van der Waals surface area contributed by atoms with Crippen LogP contribution in [-0.2, 0) is 11.4 Å². The van der Waals surface area contributed by atoms with E-state index in [1.54, 1.807) is 21.3 Å². The molecule has 0 saturated heterocycles. The van der Waals surface area contributed by atoms with Gasteiger partial charge >= 0.3 is 0 Å². The van der Waals surface area contributed by atoms with Gasteiger partial charge in [0.15, 0.2) is 11.5 Å². The van der Waals surface area contributed by atoms with Gasteiger partial charge in [-0.15, -0.1) is 0 Å². The van der Waals surface area contributed by atoms with Crippen LogP contribution in [0, 0.1) is 5.92 Å². The van der Waals surface area contributed by atoms with Crippen LogP contribution in [0.15, 0.2) is 12.1 Å². The third-order valence-corrected chi connectivity index (χ3v) is 2.57. The molecule has 0 aromatic heterocycles. The van der Waals surface area contributed by atoms with E-state index in [2.05, 4.69) is 19.3 Å². The summed E-state index contributed by atoms with van der Waals surface area (Å²) < 4.78 is 15.9. The number of ether oxygens (including phenoxy) is 3. The Balaban J connectivity index is 2.77. The molecule has 0 spiro atoms. The Hall–Kier alpha value is -1.46. The van der Waals surface area contributed by atoms with E-state index in [1.165, 1.54) is 0 Å². The number of hydrogen-bond donors (Lipinski definition) is 1. The Morgan fingerprint density at radius 3 is 2.21 bits per heavy atom. The summed E-state index contributed by atoms with van der Waals surface area (Å²) in [6, 6.07) is 3.77. The normalized spacial score (nSPS) is 10.6. The van der Waals surface area contributed by atoms with Crippen molar-refractivity contribution in [2.24, 2.45) is 5.92 Å². The molecule has 19 heavy (non-hydrogen) atoms. The number of hydroxylamine groups is 1. The molecule has 108 valence electrons. The molecule has 0 fully saturated rings. The first kappa shape index (κ1) is 15.6. The van der Waals surface area contributed by atoms with Crippen molar-refractivity contribution in [2.75, 3.05) is 27.9 Å².